The van der Waals surface area contributed by atoms with Gasteiger partial charge >= 0.3 is 6.09 Å². The molecule has 0 aromatic heterocycles. The fraction of sp³-hybridized carbons (Fsp3) is 0.500. The van der Waals surface area contributed by atoms with Gasteiger partial charge in [-0.25, -0.2) is 4.79 Å². The Balaban J connectivity index is 2.32. The lowest BCUT2D eigenvalue weighted by Gasteiger charge is -2.16. The van der Waals surface area contributed by atoms with E-state index < -0.39 is 0 Å². The van der Waals surface area contributed by atoms with E-state index in [2.05, 4.69) is 5.32 Å². The van der Waals surface area contributed by atoms with Crippen LogP contribution < -0.4 is 10.1 Å². The second-order valence-corrected chi connectivity index (χ2v) is 4.28. The first-order valence-electron chi connectivity index (χ1n) is 6.32. The first-order valence-corrected chi connectivity index (χ1v) is 6.32. The van der Waals surface area contributed by atoms with Gasteiger partial charge in [-0.3, -0.25) is 0 Å². The number of methoxy groups -OCH3 is 1. The molecule has 0 saturated carbocycles. The average molecular weight is 266 g/mol. The number of ether oxygens (including phenoxy) is 2. The molecule has 19 heavy (non-hydrogen) atoms. The Labute approximate surface area is 114 Å². The van der Waals surface area contributed by atoms with Crippen molar-refractivity contribution in [2.75, 3.05) is 34.3 Å². The molecule has 1 rings (SSSR count). The highest BCUT2D eigenvalue weighted by Crippen LogP contribution is 2.12. The van der Waals surface area contributed by atoms with Crippen LogP contribution in [0.3, 0.4) is 0 Å². The van der Waals surface area contributed by atoms with E-state index in [4.69, 9.17) is 9.47 Å². The molecule has 5 nitrogen and oxygen atoms in total. The number of hydrogen-bond acceptors (Lipinski definition) is 4. The second kappa shape index (κ2) is 8.37. The minimum atomic E-state index is -0.299. The van der Waals surface area contributed by atoms with Crippen LogP contribution in [0.2, 0.25) is 0 Å². The highest BCUT2D eigenvalue weighted by Gasteiger charge is 2.09. The quantitative estimate of drug-likeness (QED) is 0.766. The normalized spacial score (nSPS) is 10.1. The molecule has 5 heteroatoms. The minimum absolute atomic E-state index is 0.277. The first-order chi connectivity index (χ1) is 9.17. The van der Waals surface area contributed by atoms with Crippen molar-refractivity contribution in [3.63, 3.8) is 0 Å². The van der Waals surface area contributed by atoms with Crippen LogP contribution >= 0.6 is 0 Å². The molecule has 0 atom stereocenters. The van der Waals surface area contributed by atoms with Gasteiger partial charge in [-0.15, -0.1) is 0 Å². The maximum absolute atomic E-state index is 11.7. The summed E-state index contributed by atoms with van der Waals surface area (Å²) < 4.78 is 10.3. The van der Waals surface area contributed by atoms with Gasteiger partial charge in [0.1, 0.15) is 12.4 Å². The molecular weight excluding hydrogens is 244 g/mol. The standard InChI is InChI=1S/C14H22N2O3/c1-15-9-4-10-16(2)14(17)19-11-12-5-7-13(18-3)8-6-12/h5-8,15H,4,9-11H2,1-3H3. The number of benzene rings is 1. The van der Waals surface area contributed by atoms with Crippen molar-refractivity contribution in [1.29, 1.82) is 0 Å². The molecule has 0 aliphatic rings. The van der Waals surface area contributed by atoms with Gasteiger partial charge in [-0.1, -0.05) is 12.1 Å². The van der Waals surface area contributed by atoms with E-state index in [9.17, 15) is 4.79 Å². The van der Waals surface area contributed by atoms with Crippen molar-refractivity contribution in [3.8, 4) is 5.75 Å². The van der Waals surface area contributed by atoms with Crippen LogP contribution in [0.15, 0.2) is 24.3 Å². The summed E-state index contributed by atoms with van der Waals surface area (Å²) in [6.07, 6.45) is 0.608. The van der Waals surface area contributed by atoms with Gasteiger partial charge in [0.2, 0.25) is 0 Å². The van der Waals surface area contributed by atoms with Crippen LogP contribution in [0.25, 0.3) is 0 Å². The van der Waals surface area contributed by atoms with Crippen molar-refractivity contribution in [1.82, 2.24) is 10.2 Å². The van der Waals surface area contributed by atoms with E-state index in [-0.39, 0.29) is 12.7 Å². The number of hydrogen-bond donors (Lipinski definition) is 1. The summed E-state index contributed by atoms with van der Waals surface area (Å²) in [6, 6.07) is 7.46. The summed E-state index contributed by atoms with van der Waals surface area (Å²) >= 11 is 0. The molecule has 0 aliphatic carbocycles. The third-order valence-electron chi connectivity index (χ3n) is 2.75. The van der Waals surface area contributed by atoms with Crippen LogP contribution in [0, 0.1) is 0 Å². The highest BCUT2D eigenvalue weighted by atomic mass is 16.6. The predicted molar refractivity (Wildman–Crippen MR) is 74.4 cm³/mol. The maximum Gasteiger partial charge on any atom is 0.409 e. The van der Waals surface area contributed by atoms with Gasteiger partial charge in [-0.05, 0) is 37.7 Å². The van der Waals surface area contributed by atoms with E-state index in [1.165, 1.54) is 0 Å². The minimum Gasteiger partial charge on any atom is -0.497 e. The van der Waals surface area contributed by atoms with Gasteiger partial charge in [0.25, 0.3) is 0 Å². The zero-order chi connectivity index (χ0) is 14.1. The van der Waals surface area contributed by atoms with Crippen molar-refractivity contribution >= 4 is 6.09 Å². The smallest absolute Gasteiger partial charge is 0.409 e. The molecular formula is C14H22N2O3. The van der Waals surface area contributed by atoms with Gasteiger partial charge in [-0.2, -0.15) is 0 Å². The third-order valence-corrected chi connectivity index (χ3v) is 2.75. The molecule has 0 fully saturated rings. The van der Waals surface area contributed by atoms with Gasteiger partial charge < -0.3 is 19.7 Å². The molecule has 1 N–H and O–H groups in total. The molecule has 0 aliphatic heterocycles. The van der Waals surface area contributed by atoms with E-state index in [1.807, 2.05) is 31.3 Å². The molecule has 1 amide bonds. The average Bonchev–Trinajstić information content (AvgIpc) is 2.45. The van der Waals surface area contributed by atoms with Gasteiger partial charge in [0.15, 0.2) is 0 Å². The number of nitrogens with one attached hydrogen (secondary N) is 1. The zero-order valence-corrected chi connectivity index (χ0v) is 11.8. The second-order valence-electron chi connectivity index (χ2n) is 4.28. The Morgan fingerprint density at radius 2 is 2.00 bits per heavy atom. The summed E-state index contributed by atoms with van der Waals surface area (Å²) in [5, 5.41) is 3.04. The summed E-state index contributed by atoms with van der Waals surface area (Å²) in [7, 11) is 5.25. The van der Waals surface area contributed by atoms with Crippen molar-refractivity contribution in [3.05, 3.63) is 29.8 Å². The lowest BCUT2D eigenvalue weighted by molar-refractivity contribution is 0.104. The maximum atomic E-state index is 11.7. The third kappa shape index (κ3) is 5.61. The molecule has 1 aromatic rings. The molecule has 0 unspecified atom stereocenters. The Morgan fingerprint density at radius 1 is 1.32 bits per heavy atom. The number of carbonyl (C=O) groups is 1. The predicted octanol–water partition coefficient (Wildman–Crippen LogP) is 1.87. The zero-order valence-electron chi connectivity index (χ0n) is 11.8. The molecule has 0 spiro atoms. The highest BCUT2D eigenvalue weighted by molar-refractivity contribution is 5.67. The van der Waals surface area contributed by atoms with E-state index in [1.54, 1.807) is 19.1 Å². The summed E-state index contributed by atoms with van der Waals surface area (Å²) in [5.74, 6) is 0.791. The fourth-order valence-corrected chi connectivity index (χ4v) is 1.56. The lowest BCUT2D eigenvalue weighted by atomic mass is 10.2. The SMILES string of the molecule is CNCCCN(C)C(=O)OCc1ccc(OC)cc1. The van der Waals surface area contributed by atoms with Gasteiger partial charge in [0, 0.05) is 13.6 Å². The molecule has 1 aromatic carbocycles. The van der Waals surface area contributed by atoms with Crippen LogP contribution in [0.1, 0.15) is 12.0 Å². The van der Waals surface area contributed by atoms with Crippen molar-refractivity contribution in [2.24, 2.45) is 0 Å². The fourth-order valence-electron chi connectivity index (χ4n) is 1.56. The Morgan fingerprint density at radius 3 is 2.58 bits per heavy atom. The Kier molecular flexibility index (Phi) is 6.74. The Hall–Kier alpha value is -1.75. The Bertz CT molecular complexity index is 379. The number of carbonyl (C=O) groups excluding carboxylic acids is 1. The van der Waals surface area contributed by atoms with E-state index in [0.717, 1.165) is 24.3 Å². The molecule has 0 bridgehead atoms. The number of rotatable bonds is 7. The van der Waals surface area contributed by atoms with E-state index in [0.29, 0.717) is 6.54 Å². The molecule has 0 heterocycles. The van der Waals surface area contributed by atoms with Crippen molar-refractivity contribution < 1.29 is 14.3 Å². The molecule has 0 saturated heterocycles. The topological polar surface area (TPSA) is 50.8 Å². The first kappa shape index (κ1) is 15.3. The van der Waals surface area contributed by atoms with Gasteiger partial charge in [0.05, 0.1) is 7.11 Å². The van der Waals surface area contributed by atoms with Crippen LogP contribution in [0.5, 0.6) is 5.75 Å². The summed E-state index contributed by atoms with van der Waals surface area (Å²) in [4.78, 5) is 13.3. The van der Waals surface area contributed by atoms with Crippen LogP contribution in [0.4, 0.5) is 4.79 Å². The molecule has 0 radical (unpaired) electrons. The van der Waals surface area contributed by atoms with E-state index >= 15 is 0 Å². The largest absolute Gasteiger partial charge is 0.497 e. The summed E-state index contributed by atoms with van der Waals surface area (Å²) in [5.41, 5.74) is 0.942. The van der Waals surface area contributed by atoms with Crippen LogP contribution in [-0.4, -0.2) is 45.3 Å². The lowest BCUT2D eigenvalue weighted by Crippen LogP contribution is -2.29. The molecule has 106 valence electrons. The van der Waals surface area contributed by atoms with Crippen molar-refractivity contribution in [2.45, 2.75) is 13.0 Å². The summed E-state index contributed by atoms with van der Waals surface area (Å²) in [6.45, 7) is 1.84. The number of amides is 1. The monoisotopic (exact) mass is 266 g/mol. The number of nitrogens with zero attached hydrogens (tertiary/aromatic N) is 1. The van der Waals surface area contributed by atoms with Crippen LogP contribution in [-0.2, 0) is 11.3 Å².